The minimum atomic E-state index is 0.216. The van der Waals surface area contributed by atoms with Crippen molar-refractivity contribution < 1.29 is 4.79 Å². The summed E-state index contributed by atoms with van der Waals surface area (Å²) in [6, 6.07) is 29.0. The lowest BCUT2D eigenvalue weighted by atomic mass is 10.1. The SMILES string of the molecule is O=C(CSCc1ccccc1)N1CCN(c2ccc(-c3ccc4ccccc4c3)nn2)CC1. The summed E-state index contributed by atoms with van der Waals surface area (Å²) in [5.74, 6) is 2.47. The van der Waals surface area contributed by atoms with E-state index in [2.05, 4.69) is 57.6 Å². The number of fused-ring (bicyclic) bond motifs is 1. The molecule has 166 valence electrons. The van der Waals surface area contributed by atoms with Crippen LogP contribution in [0.25, 0.3) is 22.0 Å². The van der Waals surface area contributed by atoms with Gasteiger partial charge in [0.05, 0.1) is 11.4 Å². The Morgan fingerprint density at radius 3 is 2.30 bits per heavy atom. The Balaban J connectivity index is 1.14. The van der Waals surface area contributed by atoms with Gasteiger partial charge >= 0.3 is 0 Å². The number of piperazine rings is 1. The van der Waals surface area contributed by atoms with Gasteiger partial charge in [-0.2, -0.15) is 0 Å². The number of anilines is 1. The standard InChI is InChI=1S/C27H26N4OS/c32-27(20-33-19-21-6-2-1-3-7-21)31-16-14-30(15-17-31)26-13-12-25(28-29-26)24-11-10-22-8-4-5-9-23(22)18-24/h1-13,18H,14-17,19-20H2. The Bertz CT molecular complexity index is 1220. The third-order valence-corrected chi connectivity index (χ3v) is 6.98. The van der Waals surface area contributed by atoms with Gasteiger partial charge in [-0.05, 0) is 34.5 Å². The van der Waals surface area contributed by atoms with Crippen molar-refractivity contribution in [1.82, 2.24) is 15.1 Å². The van der Waals surface area contributed by atoms with Crippen LogP contribution in [-0.4, -0.2) is 52.9 Å². The summed E-state index contributed by atoms with van der Waals surface area (Å²) >= 11 is 1.68. The summed E-state index contributed by atoms with van der Waals surface area (Å²) in [6.07, 6.45) is 0. The van der Waals surface area contributed by atoms with Crippen molar-refractivity contribution >= 4 is 34.3 Å². The maximum absolute atomic E-state index is 12.6. The van der Waals surface area contributed by atoms with Gasteiger partial charge in [-0.3, -0.25) is 4.79 Å². The molecule has 0 saturated carbocycles. The highest BCUT2D eigenvalue weighted by Crippen LogP contribution is 2.24. The van der Waals surface area contributed by atoms with Crippen molar-refractivity contribution in [2.45, 2.75) is 5.75 Å². The maximum Gasteiger partial charge on any atom is 0.232 e. The quantitative estimate of drug-likeness (QED) is 0.416. The van der Waals surface area contributed by atoms with Crippen LogP contribution in [0.1, 0.15) is 5.56 Å². The summed E-state index contributed by atoms with van der Waals surface area (Å²) in [6.45, 7) is 3.00. The molecule has 3 aromatic carbocycles. The molecule has 2 heterocycles. The van der Waals surface area contributed by atoms with Crippen LogP contribution >= 0.6 is 11.8 Å². The van der Waals surface area contributed by atoms with Gasteiger partial charge in [0.1, 0.15) is 0 Å². The molecule has 1 aliphatic heterocycles. The largest absolute Gasteiger partial charge is 0.352 e. The lowest BCUT2D eigenvalue weighted by Crippen LogP contribution is -2.49. The number of nitrogens with zero attached hydrogens (tertiary/aromatic N) is 4. The van der Waals surface area contributed by atoms with E-state index in [1.165, 1.54) is 16.3 Å². The summed E-state index contributed by atoms with van der Waals surface area (Å²) in [4.78, 5) is 16.8. The number of amides is 1. The molecule has 1 amide bonds. The van der Waals surface area contributed by atoms with Crippen molar-refractivity contribution in [1.29, 1.82) is 0 Å². The van der Waals surface area contributed by atoms with E-state index >= 15 is 0 Å². The molecule has 0 radical (unpaired) electrons. The lowest BCUT2D eigenvalue weighted by Gasteiger charge is -2.35. The smallest absolute Gasteiger partial charge is 0.232 e. The molecule has 33 heavy (non-hydrogen) atoms. The third-order valence-electron chi connectivity index (χ3n) is 5.99. The summed E-state index contributed by atoms with van der Waals surface area (Å²) in [5.41, 5.74) is 3.19. The van der Waals surface area contributed by atoms with Crippen LogP contribution < -0.4 is 4.90 Å². The predicted octanol–water partition coefficient (Wildman–Crippen LogP) is 4.88. The van der Waals surface area contributed by atoms with E-state index in [0.29, 0.717) is 5.75 Å². The van der Waals surface area contributed by atoms with Gasteiger partial charge in [0.2, 0.25) is 5.91 Å². The molecular formula is C27H26N4OS. The maximum atomic E-state index is 12.6. The summed E-state index contributed by atoms with van der Waals surface area (Å²) in [7, 11) is 0. The number of carbonyl (C=O) groups excluding carboxylic acids is 1. The molecule has 0 bridgehead atoms. The van der Waals surface area contributed by atoms with Crippen molar-refractivity contribution in [3.05, 3.63) is 90.5 Å². The zero-order valence-corrected chi connectivity index (χ0v) is 19.2. The molecule has 0 spiro atoms. The highest BCUT2D eigenvalue weighted by molar-refractivity contribution is 7.99. The Morgan fingerprint density at radius 2 is 1.55 bits per heavy atom. The average Bonchev–Trinajstić information content (AvgIpc) is 2.89. The number of carbonyl (C=O) groups is 1. The topological polar surface area (TPSA) is 49.3 Å². The minimum absolute atomic E-state index is 0.216. The zero-order valence-electron chi connectivity index (χ0n) is 18.4. The first-order chi connectivity index (χ1) is 16.3. The average molecular weight is 455 g/mol. The molecule has 0 aliphatic carbocycles. The number of hydrogen-bond acceptors (Lipinski definition) is 5. The molecule has 6 heteroatoms. The van der Waals surface area contributed by atoms with Gasteiger partial charge in [0, 0.05) is 37.5 Å². The van der Waals surface area contributed by atoms with Gasteiger partial charge in [0.15, 0.2) is 5.82 Å². The Labute approximate surface area is 198 Å². The van der Waals surface area contributed by atoms with Crippen LogP contribution in [-0.2, 0) is 10.5 Å². The number of hydrogen-bond donors (Lipinski definition) is 0. The van der Waals surface area contributed by atoms with Crippen molar-refractivity contribution in [2.75, 3.05) is 36.8 Å². The van der Waals surface area contributed by atoms with Crippen LogP contribution in [0.5, 0.6) is 0 Å². The summed E-state index contributed by atoms with van der Waals surface area (Å²) in [5, 5.41) is 11.4. The number of rotatable bonds is 6. The molecule has 5 nitrogen and oxygen atoms in total. The molecule has 1 aromatic heterocycles. The molecule has 1 fully saturated rings. The van der Waals surface area contributed by atoms with E-state index in [1.54, 1.807) is 11.8 Å². The Kier molecular flexibility index (Phi) is 6.53. The predicted molar refractivity (Wildman–Crippen MR) is 136 cm³/mol. The van der Waals surface area contributed by atoms with E-state index < -0.39 is 0 Å². The Morgan fingerprint density at radius 1 is 0.788 bits per heavy atom. The number of thioether (sulfide) groups is 1. The molecule has 1 saturated heterocycles. The monoisotopic (exact) mass is 454 g/mol. The van der Waals surface area contributed by atoms with Crippen molar-refractivity contribution in [3.63, 3.8) is 0 Å². The fourth-order valence-corrected chi connectivity index (χ4v) is 4.99. The lowest BCUT2D eigenvalue weighted by molar-refractivity contribution is -0.128. The van der Waals surface area contributed by atoms with E-state index in [4.69, 9.17) is 0 Å². The van der Waals surface area contributed by atoms with Crippen molar-refractivity contribution in [3.8, 4) is 11.3 Å². The van der Waals surface area contributed by atoms with E-state index in [-0.39, 0.29) is 5.91 Å². The number of benzene rings is 3. The van der Waals surface area contributed by atoms with Gasteiger partial charge < -0.3 is 9.80 Å². The van der Waals surface area contributed by atoms with Gasteiger partial charge in [-0.25, -0.2) is 0 Å². The zero-order chi connectivity index (χ0) is 22.5. The van der Waals surface area contributed by atoms with E-state index in [1.807, 2.05) is 47.4 Å². The molecule has 0 unspecified atom stereocenters. The highest BCUT2D eigenvalue weighted by atomic mass is 32.2. The highest BCUT2D eigenvalue weighted by Gasteiger charge is 2.22. The summed E-state index contributed by atoms with van der Waals surface area (Å²) < 4.78 is 0. The molecule has 4 aromatic rings. The van der Waals surface area contributed by atoms with Gasteiger partial charge in [-0.15, -0.1) is 22.0 Å². The second-order valence-corrected chi connectivity index (χ2v) is 9.17. The van der Waals surface area contributed by atoms with Crippen LogP contribution in [0.4, 0.5) is 5.82 Å². The molecule has 0 N–H and O–H groups in total. The van der Waals surface area contributed by atoms with Crippen LogP contribution in [0, 0.1) is 0 Å². The molecular weight excluding hydrogens is 428 g/mol. The van der Waals surface area contributed by atoms with Gasteiger partial charge in [-0.1, -0.05) is 66.7 Å². The third kappa shape index (κ3) is 5.17. The first kappa shape index (κ1) is 21.5. The van der Waals surface area contributed by atoms with Gasteiger partial charge in [0.25, 0.3) is 0 Å². The Hall–Kier alpha value is -3.38. The molecule has 0 atom stereocenters. The van der Waals surface area contributed by atoms with Crippen LogP contribution in [0.15, 0.2) is 84.9 Å². The number of aromatic nitrogens is 2. The first-order valence-corrected chi connectivity index (χ1v) is 12.4. The fraction of sp³-hybridized carbons (Fsp3) is 0.222. The van der Waals surface area contributed by atoms with Crippen LogP contribution in [0.2, 0.25) is 0 Å². The first-order valence-electron chi connectivity index (χ1n) is 11.2. The molecule has 1 aliphatic rings. The second-order valence-electron chi connectivity index (χ2n) is 8.18. The van der Waals surface area contributed by atoms with E-state index in [0.717, 1.165) is 49.0 Å². The fourth-order valence-electron chi connectivity index (χ4n) is 4.10. The van der Waals surface area contributed by atoms with Crippen molar-refractivity contribution in [2.24, 2.45) is 0 Å². The molecule has 5 rings (SSSR count). The van der Waals surface area contributed by atoms with E-state index in [9.17, 15) is 4.79 Å². The van der Waals surface area contributed by atoms with Crippen LogP contribution in [0.3, 0.4) is 0 Å². The normalized spacial score (nSPS) is 13.9. The minimum Gasteiger partial charge on any atom is -0.352 e. The second kappa shape index (κ2) is 10.0.